The van der Waals surface area contributed by atoms with Gasteiger partial charge in [-0.2, -0.15) is 13.2 Å². The molecule has 2 aromatic carbocycles. The summed E-state index contributed by atoms with van der Waals surface area (Å²) in [6, 6.07) is 8.98. The minimum absolute atomic E-state index is 0.0579. The van der Waals surface area contributed by atoms with Gasteiger partial charge in [-0.15, -0.1) is 0 Å². The highest BCUT2D eigenvalue weighted by molar-refractivity contribution is 5.99. The number of benzene rings is 2. The number of alkyl halides is 3. The third kappa shape index (κ3) is 11.2. The molecule has 6 amide bonds. The van der Waals surface area contributed by atoms with Crippen LogP contribution in [-0.2, 0) is 34.8 Å². The molecular weight excluding hydrogens is 848 g/mol. The topological polar surface area (TPSA) is 179 Å². The van der Waals surface area contributed by atoms with Gasteiger partial charge in [0.25, 0.3) is 0 Å². The summed E-state index contributed by atoms with van der Waals surface area (Å²) >= 11 is 0. The van der Waals surface area contributed by atoms with Crippen LogP contribution in [-0.4, -0.2) is 103 Å². The maximum absolute atomic E-state index is 13.7. The van der Waals surface area contributed by atoms with E-state index in [0.717, 1.165) is 24.1 Å². The van der Waals surface area contributed by atoms with Crippen LogP contribution in [0.25, 0.3) is 0 Å². The molecule has 0 aromatic heterocycles. The van der Waals surface area contributed by atoms with Crippen molar-refractivity contribution < 1.29 is 51.4 Å². The lowest BCUT2D eigenvalue weighted by molar-refractivity contribution is -0.140. The minimum Gasteiger partial charge on any atom is -0.453 e. The second-order valence-electron chi connectivity index (χ2n) is 17.7. The van der Waals surface area contributed by atoms with Crippen molar-refractivity contribution in [2.45, 2.75) is 115 Å². The number of anilines is 2. The molecule has 352 valence electrons. The summed E-state index contributed by atoms with van der Waals surface area (Å²) in [7, 11) is 2.44. The summed E-state index contributed by atoms with van der Waals surface area (Å²) in [5.41, 5.74) is 1.86. The molecule has 6 rings (SSSR count). The van der Waals surface area contributed by atoms with Crippen LogP contribution in [0, 0.1) is 17.8 Å². The molecule has 0 spiro atoms. The Bertz CT molecular complexity index is 2130. The van der Waals surface area contributed by atoms with Gasteiger partial charge >= 0.3 is 18.4 Å². The Balaban J connectivity index is 1.14. The molecule has 0 saturated carbocycles. The number of amides is 6. The predicted molar refractivity (Wildman–Crippen MR) is 236 cm³/mol. The van der Waals surface area contributed by atoms with E-state index in [1.54, 1.807) is 39.8 Å². The van der Waals surface area contributed by atoms with Crippen LogP contribution in [0.4, 0.5) is 34.1 Å². The number of ether oxygens (including phenoxy) is 2. The Hall–Kier alpha value is -6.07. The van der Waals surface area contributed by atoms with Crippen molar-refractivity contribution >= 4 is 47.2 Å². The zero-order valence-electron chi connectivity index (χ0n) is 37.7. The number of hydrogen-bond acceptors (Lipinski definition) is 9. The first-order valence-electron chi connectivity index (χ1n) is 22.3. The van der Waals surface area contributed by atoms with Gasteiger partial charge in [-0.05, 0) is 105 Å². The highest BCUT2D eigenvalue weighted by Crippen LogP contribution is 2.45. The Kier molecular flexibility index (Phi) is 15.5. The van der Waals surface area contributed by atoms with Gasteiger partial charge in [0.15, 0.2) is 0 Å². The molecule has 7 atom stereocenters. The molecule has 3 fully saturated rings. The fourth-order valence-corrected chi connectivity index (χ4v) is 9.40. The maximum Gasteiger partial charge on any atom is 0.416 e. The molecule has 3 aliphatic heterocycles. The average molecular weight is 908 g/mol. The first kappa shape index (κ1) is 48.4. The van der Waals surface area contributed by atoms with Crippen LogP contribution < -0.4 is 26.2 Å². The van der Waals surface area contributed by atoms with Crippen LogP contribution in [0.1, 0.15) is 89.8 Å². The van der Waals surface area contributed by atoms with Crippen LogP contribution in [0.2, 0.25) is 0 Å². The number of rotatable bonds is 13. The molecular formula is C47H60F3N7O8. The van der Waals surface area contributed by atoms with Crippen molar-refractivity contribution in [1.82, 2.24) is 25.8 Å². The van der Waals surface area contributed by atoms with Gasteiger partial charge < -0.3 is 45.4 Å². The molecule has 2 aromatic rings. The normalized spacial score (nSPS) is 22.9. The lowest BCUT2D eigenvalue weighted by Crippen LogP contribution is -2.55. The van der Waals surface area contributed by atoms with E-state index in [1.807, 2.05) is 30.4 Å². The van der Waals surface area contributed by atoms with E-state index in [0.29, 0.717) is 68.7 Å². The van der Waals surface area contributed by atoms with Gasteiger partial charge in [0, 0.05) is 42.1 Å². The first-order valence-corrected chi connectivity index (χ1v) is 22.3. The number of allylic oxidation sites excluding steroid dienone is 2. The second kappa shape index (κ2) is 20.8. The number of hydrogen-bond donors (Lipinski definition) is 4. The van der Waals surface area contributed by atoms with Gasteiger partial charge in [0.05, 0.1) is 25.8 Å². The lowest BCUT2D eigenvalue weighted by atomic mass is 9.90. The monoisotopic (exact) mass is 907 g/mol. The first-order chi connectivity index (χ1) is 30.9. The van der Waals surface area contributed by atoms with Crippen molar-refractivity contribution in [2.75, 3.05) is 37.5 Å². The molecule has 15 nitrogen and oxygen atoms in total. The minimum atomic E-state index is -4.50. The molecule has 18 heteroatoms. The van der Waals surface area contributed by atoms with Crippen LogP contribution in [0.15, 0.2) is 72.5 Å². The summed E-state index contributed by atoms with van der Waals surface area (Å²) in [6.07, 6.45) is 3.92. The molecule has 4 aliphatic rings. The van der Waals surface area contributed by atoms with Gasteiger partial charge in [0.1, 0.15) is 24.2 Å². The van der Waals surface area contributed by atoms with Crippen molar-refractivity contribution in [1.29, 1.82) is 0 Å². The zero-order valence-corrected chi connectivity index (χ0v) is 37.7. The third-order valence-corrected chi connectivity index (χ3v) is 12.8. The number of halogens is 3. The summed E-state index contributed by atoms with van der Waals surface area (Å²) in [4.78, 5) is 83.4. The van der Waals surface area contributed by atoms with Crippen LogP contribution in [0.3, 0.4) is 0 Å². The quantitative estimate of drug-likeness (QED) is 0.171. The van der Waals surface area contributed by atoms with Crippen LogP contribution in [0.5, 0.6) is 0 Å². The van der Waals surface area contributed by atoms with E-state index in [2.05, 4.69) is 26.2 Å². The maximum atomic E-state index is 13.7. The molecule has 0 radical (unpaired) electrons. The molecule has 65 heavy (non-hydrogen) atoms. The molecule has 4 N–H and O–H groups in total. The van der Waals surface area contributed by atoms with Crippen molar-refractivity contribution in [2.24, 2.45) is 17.8 Å². The fourth-order valence-electron chi connectivity index (χ4n) is 9.40. The number of nitrogens with zero attached hydrogens (tertiary/aromatic N) is 3. The third-order valence-electron chi connectivity index (χ3n) is 12.8. The number of carbonyl (C=O) groups is 6. The molecule has 0 bridgehead atoms. The SMILES string of the molecule is COC(=O)NC(C(=O)N1CCC[C@H]1C(=O)NC1=CCC([C@H]2CC[C@H](c3ccc(NC(=O)[C@@H]4CCCN4C(=O)[C@@H](NC(=O)OC)C(C)C)cc3)N2c2ccc(C(F)(F)F)cc2)C=C1)C(C)C. The molecule has 2 unspecified atom stereocenters. The number of alkyl carbamates (subject to hydrolysis) is 2. The summed E-state index contributed by atoms with van der Waals surface area (Å²) in [6.45, 7) is 7.94. The smallest absolute Gasteiger partial charge is 0.416 e. The Labute approximate surface area is 377 Å². The summed E-state index contributed by atoms with van der Waals surface area (Å²) in [5.74, 6) is -1.96. The fraction of sp³-hybridized carbons (Fsp3) is 0.532. The van der Waals surface area contributed by atoms with E-state index in [-0.39, 0.29) is 53.5 Å². The molecule has 3 heterocycles. The number of nitrogens with one attached hydrogen (secondary N) is 4. The van der Waals surface area contributed by atoms with E-state index in [1.165, 1.54) is 36.2 Å². The van der Waals surface area contributed by atoms with Gasteiger partial charge in [-0.1, -0.05) is 52.0 Å². The van der Waals surface area contributed by atoms with Gasteiger partial charge in [0.2, 0.25) is 23.6 Å². The number of likely N-dealkylation sites (tertiary alicyclic amines) is 2. The zero-order chi connectivity index (χ0) is 47.2. The summed E-state index contributed by atoms with van der Waals surface area (Å²) < 4.78 is 50.4. The van der Waals surface area contributed by atoms with Crippen molar-refractivity contribution in [3.8, 4) is 0 Å². The molecule has 1 aliphatic carbocycles. The Morgan fingerprint density at radius 1 is 0.692 bits per heavy atom. The second-order valence-corrected chi connectivity index (χ2v) is 17.7. The summed E-state index contributed by atoms with van der Waals surface area (Å²) in [5, 5.41) is 11.1. The largest absolute Gasteiger partial charge is 0.453 e. The standard InChI is InChI=1S/C47H60F3N7O8/c1-27(2)39(53-45(62)64-5)43(60)55-25-7-9-37(55)41(58)51-32-17-11-29(12-18-32)35-23-24-36(57(35)34-21-15-31(16-22-34)47(48,49)50)30-13-19-33(20-14-30)52-42(59)38-10-8-26-56(38)44(61)40(28(3)4)54-46(63)65-6/h11-13,15-22,27-28,30,35-40H,7-10,14,23-26H2,1-6H3,(H,51,58)(H,52,59)(H,53,62)(H,54,63)/t30?,35-,36-,37+,38+,39+,40?/m1/s1. The predicted octanol–water partition coefficient (Wildman–Crippen LogP) is 6.67. The van der Waals surface area contributed by atoms with E-state index in [4.69, 9.17) is 9.47 Å². The van der Waals surface area contributed by atoms with Crippen LogP contribution >= 0.6 is 0 Å². The van der Waals surface area contributed by atoms with E-state index >= 15 is 0 Å². The van der Waals surface area contributed by atoms with Crippen molar-refractivity contribution in [3.63, 3.8) is 0 Å². The number of carbonyl (C=O) groups excluding carboxylic acids is 6. The van der Waals surface area contributed by atoms with E-state index < -0.39 is 48.1 Å². The van der Waals surface area contributed by atoms with Crippen molar-refractivity contribution in [3.05, 3.63) is 83.6 Å². The van der Waals surface area contributed by atoms with Gasteiger partial charge in [-0.3, -0.25) is 19.2 Å². The number of methoxy groups -OCH3 is 2. The van der Waals surface area contributed by atoms with E-state index in [9.17, 15) is 41.9 Å². The molecule has 3 saturated heterocycles. The average Bonchev–Trinajstić information content (AvgIpc) is 4.08. The Morgan fingerprint density at radius 2 is 1.22 bits per heavy atom. The highest BCUT2D eigenvalue weighted by atomic mass is 19.4. The van der Waals surface area contributed by atoms with Gasteiger partial charge in [-0.25, -0.2) is 9.59 Å². The Morgan fingerprint density at radius 3 is 1.68 bits per heavy atom. The highest BCUT2D eigenvalue weighted by Gasteiger charge is 2.42. The lowest BCUT2D eigenvalue weighted by Gasteiger charge is -2.37.